The number of nitrogens with two attached hydrogens (primary N) is 1. The molecular weight excluding hydrogens is 334 g/mol. The predicted molar refractivity (Wildman–Crippen MR) is 100.0 cm³/mol. The molecule has 4 rings (SSSR count). The van der Waals surface area contributed by atoms with Crippen molar-refractivity contribution in [1.82, 2.24) is 9.97 Å². The van der Waals surface area contributed by atoms with E-state index in [1.807, 2.05) is 36.4 Å². The maximum absolute atomic E-state index is 12.8. The van der Waals surface area contributed by atoms with Gasteiger partial charge in [0.15, 0.2) is 0 Å². The maximum atomic E-state index is 12.8. The van der Waals surface area contributed by atoms with Crippen LogP contribution in [0.25, 0.3) is 21.5 Å². The molecule has 3 N–H and O–H groups in total. The molecule has 25 heavy (non-hydrogen) atoms. The van der Waals surface area contributed by atoms with E-state index >= 15 is 0 Å². The molecule has 0 atom stereocenters. The third kappa shape index (κ3) is 2.62. The molecule has 0 saturated heterocycles. The van der Waals surface area contributed by atoms with Gasteiger partial charge in [-0.25, -0.2) is 4.79 Å². The molecule has 0 aliphatic rings. The molecule has 2 aromatic heterocycles. The van der Waals surface area contributed by atoms with Gasteiger partial charge in [-0.15, -0.1) is 11.3 Å². The van der Waals surface area contributed by atoms with Gasteiger partial charge in [0.25, 0.3) is 0 Å². The lowest BCUT2D eigenvalue weighted by molar-refractivity contribution is 0.104. The summed E-state index contributed by atoms with van der Waals surface area (Å²) in [5.74, 6) is -0.174. The van der Waals surface area contributed by atoms with E-state index < -0.39 is 5.69 Å². The fraction of sp³-hybridized carbons (Fsp3) is 0. The summed E-state index contributed by atoms with van der Waals surface area (Å²) in [6.07, 6.45) is 0. The zero-order valence-electron chi connectivity index (χ0n) is 13.0. The highest BCUT2D eigenvalue weighted by atomic mass is 32.1. The number of nitrogens with zero attached hydrogens (tertiary/aromatic N) is 1. The standard InChI is InChI=1S/C19H13N3O2S/c20-14-13-15(11-7-3-1-4-8-11)21-19(24)22-18(13)25-17(14)16(23)12-9-5-2-6-10-12/h1-10H,20H2,(H,21,22,24). The Hall–Kier alpha value is -3.25. The fourth-order valence-electron chi connectivity index (χ4n) is 2.75. The van der Waals surface area contributed by atoms with Crippen molar-refractivity contribution in [2.75, 3.05) is 5.73 Å². The van der Waals surface area contributed by atoms with Crippen LogP contribution in [0.15, 0.2) is 65.5 Å². The third-order valence-corrected chi connectivity index (χ3v) is 5.01. The van der Waals surface area contributed by atoms with E-state index in [2.05, 4.69) is 9.97 Å². The minimum Gasteiger partial charge on any atom is -0.397 e. The summed E-state index contributed by atoms with van der Waals surface area (Å²) in [6.45, 7) is 0. The van der Waals surface area contributed by atoms with Crippen LogP contribution in [0.3, 0.4) is 0 Å². The SMILES string of the molecule is Nc1c(C(=O)c2ccccc2)sc2nc(=O)[nH]c(-c3ccccc3)c12. The molecule has 4 aromatic rings. The Bertz CT molecular complexity index is 1130. The Morgan fingerprint density at radius 3 is 2.32 bits per heavy atom. The van der Waals surface area contributed by atoms with E-state index in [1.165, 1.54) is 0 Å². The number of ketones is 1. The van der Waals surface area contributed by atoms with Crippen LogP contribution < -0.4 is 11.4 Å². The van der Waals surface area contributed by atoms with E-state index in [9.17, 15) is 9.59 Å². The number of benzene rings is 2. The molecule has 0 saturated carbocycles. The summed E-state index contributed by atoms with van der Waals surface area (Å²) in [6, 6.07) is 18.3. The first-order valence-corrected chi connectivity index (χ1v) is 8.44. The third-order valence-electron chi connectivity index (χ3n) is 3.92. The van der Waals surface area contributed by atoms with E-state index in [4.69, 9.17) is 5.73 Å². The highest BCUT2D eigenvalue weighted by Gasteiger charge is 2.22. The summed E-state index contributed by atoms with van der Waals surface area (Å²) in [7, 11) is 0. The average Bonchev–Trinajstić information content (AvgIpc) is 2.98. The number of thiophene rings is 1. The molecule has 122 valence electrons. The van der Waals surface area contributed by atoms with Gasteiger partial charge in [-0.2, -0.15) is 4.98 Å². The molecule has 0 fully saturated rings. The van der Waals surface area contributed by atoms with Crippen LogP contribution in [-0.2, 0) is 0 Å². The number of anilines is 1. The van der Waals surface area contributed by atoms with Gasteiger partial charge in [0.05, 0.1) is 16.8 Å². The van der Waals surface area contributed by atoms with E-state index in [1.54, 1.807) is 24.3 Å². The molecule has 2 aromatic carbocycles. The van der Waals surface area contributed by atoms with Gasteiger partial charge < -0.3 is 10.7 Å². The smallest absolute Gasteiger partial charge is 0.346 e. The Balaban J connectivity index is 1.97. The lowest BCUT2D eigenvalue weighted by Crippen LogP contribution is -2.10. The van der Waals surface area contributed by atoms with Crippen molar-refractivity contribution in [3.8, 4) is 11.3 Å². The number of carbonyl (C=O) groups is 1. The molecule has 6 heteroatoms. The van der Waals surface area contributed by atoms with Crippen molar-refractivity contribution in [2.45, 2.75) is 0 Å². The highest BCUT2D eigenvalue weighted by molar-refractivity contribution is 7.21. The number of aromatic nitrogens is 2. The number of nitrogens with one attached hydrogen (secondary N) is 1. The minimum absolute atomic E-state index is 0.174. The van der Waals surface area contributed by atoms with E-state index in [0.29, 0.717) is 32.0 Å². The summed E-state index contributed by atoms with van der Waals surface area (Å²) >= 11 is 1.14. The monoisotopic (exact) mass is 347 g/mol. The largest absolute Gasteiger partial charge is 0.397 e. The molecular formula is C19H13N3O2S. The van der Waals surface area contributed by atoms with Gasteiger partial charge in [0.2, 0.25) is 5.78 Å². The molecule has 0 amide bonds. The number of aromatic amines is 1. The summed E-state index contributed by atoms with van der Waals surface area (Å²) in [4.78, 5) is 32.3. The average molecular weight is 347 g/mol. The number of rotatable bonds is 3. The van der Waals surface area contributed by atoms with Gasteiger partial charge in [0, 0.05) is 5.56 Å². The summed E-state index contributed by atoms with van der Waals surface area (Å²) in [5, 5.41) is 0.607. The topological polar surface area (TPSA) is 88.8 Å². The number of fused-ring (bicyclic) bond motifs is 1. The molecule has 5 nitrogen and oxygen atoms in total. The second-order valence-corrected chi connectivity index (χ2v) is 6.50. The Labute approximate surface area is 146 Å². The van der Waals surface area contributed by atoms with Gasteiger partial charge in [-0.05, 0) is 5.56 Å². The van der Waals surface area contributed by atoms with Crippen LogP contribution in [0.4, 0.5) is 5.69 Å². The second kappa shape index (κ2) is 5.99. The number of nitrogen functional groups attached to an aromatic ring is 1. The summed E-state index contributed by atoms with van der Waals surface area (Å²) < 4.78 is 0. The lowest BCUT2D eigenvalue weighted by atomic mass is 10.1. The highest BCUT2D eigenvalue weighted by Crippen LogP contribution is 2.38. The second-order valence-electron chi connectivity index (χ2n) is 5.50. The summed E-state index contributed by atoms with van der Waals surface area (Å²) in [5.41, 5.74) is 8.12. The molecule has 0 spiro atoms. The lowest BCUT2D eigenvalue weighted by Gasteiger charge is -2.04. The van der Waals surface area contributed by atoms with Crippen LogP contribution in [0, 0.1) is 0 Å². The van der Waals surface area contributed by atoms with Crippen molar-refractivity contribution in [2.24, 2.45) is 0 Å². The zero-order chi connectivity index (χ0) is 17.4. The molecule has 0 radical (unpaired) electrons. The van der Waals surface area contributed by atoms with E-state index in [0.717, 1.165) is 16.9 Å². The Kier molecular flexibility index (Phi) is 3.66. The van der Waals surface area contributed by atoms with Gasteiger partial charge >= 0.3 is 5.69 Å². The predicted octanol–water partition coefficient (Wildman–Crippen LogP) is 3.46. The quantitative estimate of drug-likeness (QED) is 0.555. The maximum Gasteiger partial charge on any atom is 0.346 e. The molecule has 0 aliphatic carbocycles. The Morgan fingerprint density at radius 2 is 1.64 bits per heavy atom. The van der Waals surface area contributed by atoms with Crippen LogP contribution in [-0.4, -0.2) is 15.8 Å². The van der Waals surface area contributed by atoms with Crippen molar-refractivity contribution in [3.63, 3.8) is 0 Å². The zero-order valence-corrected chi connectivity index (χ0v) is 13.8. The Morgan fingerprint density at radius 1 is 1.00 bits per heavy atom. The van der Waals surface area contributed by atoms with Crippen molar-refractivity contribution in [1.29, 1.82) is 0 Å². The van der Waals surface area contributed by atoms with Crippen LogP contribution in [0.2, 0.25) is 0 Å². The van der Waals surface area contributed by atoms with Gasteiger partial charge in [-0.3, -0.25) is 4.79 Å². The first-order valence-electron chi connectivity index (χ1n) is 7.62. The van der Waals surface area contributed by atoms with Crippen molar-refractivity contribution in [3.05, 3.63) is 81.6 Å². The number of hydrogen-bond acceptors (Lipinski definition) is 5. The van der Waals surface area contributed by atoms with Gasteiger partial charge in [-0.1, -0.05) is 60.7 Å². The van der Waals surface area contributed by atoms with Crippen LogP contribution in [0.1, 0.15) is 15.2 Å². The molecule has 0 bridgehead atoms. The minimum atomic E-state index is -0.466. The van der Waals surface area contributed by atoms with Gasteiger partial charge in [0.1, 0.15) is 9.71 Å². The first kappa shape index (κ1) is 15.3. The number of H-pyrrole nitrogens is 1. The fourth-order valence-corrected chi connectivity index (χ4v) is 3.81. The number of hydrogen-bond donors (Lipinski definition) is 2. The molecule has 2 heterocycles. The van der Waals surface area contributed by atoms with Crippen molar-refractivity contribution < 1.29 is 4.79 Å². The normalized spacial score (nSPS) is 10.9. The van der Waals surface area contributed by atoms with Crippen LogP contribution in [0.5, 0.6) is 0 Å². The van der Waals surface area contributed by atoms with E-state index in [-0.39, 0.29) is 5.78 Å². The number of carbonyl (C=O) groups excluding carboxylic acids is 1. The first-order chi connectivity index (χ1) is 12.1. The van der Waals surface area contributed by atoms with Crippen LogP contribution >= 0.6 is 11.3 Å². The molecule has 0 unspecified atom stereocenters. The van der Waals surface area contributed by atoms with Crippen molar-refractivity contribution >= 4 is 33.0 Å². The molecule has 0 aliphatic heterocycles.